The molecule has 0 saturated heterocycles. The standard InChI is InChI=1S/C5H5ClN2O/c6-4-5(9)8-3-1-2-7-8/h1-3H,4H2. The van der Waals surface area contributed by atoms with Crippen molar-refractivity contribution >= 4 is 17.5 Å². The van der Waals surface area contributed by atoms with E-state index in [0.29, 0.717) is 0 Å². The van der Waals surface area contributed by atoms with Crippen molar-refractivity contribution in [3.63, 3.8) is 0 Å². The number of hydrogen-bond donors (Lipinski definition) is 0. The summed E-state index contributed by atoms with van der Waals surface area (Å²) in [6, 6.07) is 1.67. The van der Waals surface area contributed by atoms with Crippen LogP contribution in [-0.2, 0) is 0 Å². The van der Waals surface area contributed by atoms with Crippen LogP contribution in [0.4, 0.5) is 0 Å². The number of aromatic nitrogens is 2. The molecular formula is C5H5ClN2O. The molecule has 0 spiro atoms. The molecule has 0 bridgehead atoms. The molecule has 3 nitrogen and oxygen atoms in total. The van der Waals surface area contributed by atoms with Crippen LogP contribution in [-0.4, -0.2) is 21.6 Å². The Morgan fingerprint density at radius 2 is 2.56 bits per heavy atom. The Kier molecular flexibility index (Phi) is 1.85. The first-order chi connectivity index (χ1) is 4.34. The van der Waals surface area contributed by atoms with Gasteiger partial charge < -0.3 is 0 Å². The number of halogens is 1. The number of rotatable bonds is 1. The summed E-state index contributed by atoms with van der Waals surface area (Å²) in [7, 11) is 0. The van der Waals surface area contributed by atoms with Gasteiger partial charge in [-0.2, -0.15) is 5.10 Å². The van der Waals surface area contributed by atoms with Crippen LogP contribution in [0.5, 0.6) is 0 Å². The summed E-state index contributed by atoms with van der Waals surface area (Å²) in [5, 5.41) is 3.67. The molecule has 0 aliphatic rings. The minimum absolute atomic E-state index is 0.0261. The predicted molar refractivity (Wildman–Crippen MR) is 33.6 cm³/mol. The van der Waals surface area contributed by atoms with Gasteiger partial charge in [0.05, 0.1) is 0 Å². The van der Waals surface area contributed by atoms with Crippen molar-refractivity contribution in [2.24, 2.45) is 0 Å². The second-order valence-electron chi connectivity index (χ2n) is 1.48. The van der Waals surface area contributed by atoms with Gasteiger partial charge in [-0.05, 0) is 6.07 Å². The van der Waals surface area contributed by atoms with Crippen LogP contribution in [0.15, 0.2) is 18.5 Å². The van der Waals surface area contributed by atoms with Gasteiger partial charge in [-0.25, -0.2) is 4.68 Å². The Morgan fingerprint density at radius 1 is 1.78 bits per heavy atom. The van der Waals surface area contributed by atoms with E-state index in [-0.39, 0.29) is 11.8 Å². The van der Waals surface area contributed by atoms with Crippen LogP contribution in [0.1, 0.15) is 4.79 Å². The Morgan fingerprint density at radius 3 is 3.00 bits per heavy atom. The largest absolute Gasteiger partial charge is 0.271 e. The number of nitrogens with zero attached hydrogens (tertiary/aromatic N) is 2. The topological polar surface area (TPSA) is 34.9 Å². The highest BCUT2D eigenvalue weighted by molar-refractivity contribution is 6.27. The van der Waals surface area contributed by atoms with E-state index in [1.54, 1.807) is 12.3 Å². The molecule has 0 amide bonds. The zero-order valence-electron chi connectivity index (χ0n) is 4.62. The SMILES string of the molecule is O=C(CCl)n1cccn1. The van der Waals surface area contributed by atoms with Crippen molar-refractivity contribution in [1.29, 1.82) is 0 Å². The zero-order valence-corrected chi connectivity index (χ0v) is 5.38. The Balaban J connectivity index is 2.77. The molecule has 0 saturated carbocycles. The average Bonchev–Trinajstić information content (AvgIpc) is 2.37. The first kappa shape index (κ1) is 6.29. The fourth-order valence-electron chi connectivity index (χ4n) is 0.478. The second kappa shape index (κ2) is 2.64. The van der Waals surface area contributed by atoms with Crippen molar-refractivity contribution in [3.05, 3.63) is 18.5 Å². The minimum Gasteiger partial charge on any atom is -0.271 e. The highest BCUT2D eigenvalue weighted by Crippen LogP contribution is 1.85. The maximum Gasteiger partial charge on any atom is 0.261 e. The lowest BCUT2D eigenvalue weighted by molar-refractivity contribution is 0.0925. The number of carbonyl (C=O) groups excluding carboxylic acids is 1. The Bertz CT molecular complexity index is 195. The summed E-state index contributed by atoms with van der Waals surface area (Å²) >= 11 is 5.23. The quantitative estimate of drug-likeness (QED) is 0.546. The Labute approximate surface area is 57.2 Å². The number of carbonyl (C=O) groups is 1. The fraction of sp³-hybridized carbons (Fsp3) is 0.200. The lowest BCUT2D eigenvalue weighted by atomic mass is 10.7. The van der Waals surface area contributed by atoms with Crippen LogP contribution >= 0.6 is 11.6 Å². The molecule has 1 heterocycles. The van der Waals surface area contributed by atoms with Crippen LogP contribution < -0.4 is 0 Å². The number of alkyl halides is 1. The van der Waals surface area contributed by atoms with E-state index in [1.807, 2.05) is 0 Å². The third-order valence-electron chi connectivity index (χ3n) is 0.874. The molecule has 0 unspecified atom stereocenters. The van der Waals surface area contributed by atoms with Gasteiger partial charge in [-0.15, -0.1) is 11.6 Å². The first-order valence-electron chi connectivity index (χ1n) is 2.43. The summed E-state index contributed by atoms with van der Waals surface area (Å²) in [5.41, 5.74) is 0. The van der Waals surface area contributed by atoms with Crippen LogP contribution in [0, 0.1) is 0 Å². The smallest absolute Gasteiger partial charge is 0.261 e. The lowest BCUT2D eigenvalue weighted by Gasteiger charge is -1.90. The third-order valence-corrected chi connectivity index (χ3v) is 1.10. The maximum absolute atomic E-state index is 10.6. The van der Waals surface area contributed by atoms with Gasteiger partial charge in [0.1, 0.15) is 5.88 Å². The molecule has 48 valence electrons. The maximum atomic E-state index is 10.6. The summed E-state index contributed by atoms with van der Waals surface area (Å²) in [5.74, 6) is -0.233. The van der Waals surface area contributed by atoms with Crippen molar-refractivity contribution in [2.75, 3.05) is 5.88 Å². The summed E-state index contributed by atoms with van der Waals surface area (Å²) in [4.78, 5) is 10.6. The van der Waals surface area contributed by atoms with Gasteiger partial charge >= 0.3 is 0 Å². The molecule has 0 aliphatic carbocycles. The van der Waals surface area contributed by atoms with Crippen LogP contribution in [0.2, 0.25) is 0 Å². The highest BCUT2D eigenvalue weighted by Gasteiger charge is 1.98. The van der Waals surface area contributed by atoms with Gasteiger partial charge in [-0.3, -0.25) is 4.79 Å². The minimum atomic E-state index is -0.207. The average molecular weight is 145 g/mol. The molecule has 1 rings (SSSR count). The molecule has 0 radical (unpaired) electrons. The van der Waals surface area contributed by atoms with E-state index in [4.69, 9.17) is 11.6 Å². The van der Waals surface area contributed by atoms with E-state index >= 15 is 0 Å². The van der Waals surface area contributed by atoms with Gasteiger partial charge in [-0.1, -0.05) is 0 Å². The third kappa shape index (κ3) is 1.29. The molecule has 9 heavy (non-hydrogen) atoms. The van der Waals surface area contributed by atoms with Crippen molar-refractivity contribution in [2.45, 2.75) is 0 Å². The van der Waals surface area contributed by atoms with Crippen LogP contribution in [0.25, 0.3) is 0 Å². The molecule has 1 aromatic heterocycles. The lowest BCUT2D eigenvalue weighted by Crippen LogP contribution is -2.11. The molecule has 0 aliphatic heterocycles. The van der Waals surface area contributed by atoms with Gasteiger partial charge in [0, 0.05) is 12.4 Å². The molecule has 0 aromatic carbocycles. The van der Waals surface area contributed by atoms with Crippen molar-refractivity contribution in [3.8, 4) is 0 Å². The van der Waals surface area contributed by atoms with E-state index in [9.17, 15) is 4.79 Å². The second-order valence-corrected chi connectivity index (χ2v) is 1.75. The molecular weight excluding hydrogens is 140 g/mol. The van der Waals surface area contributed by atoms with E-state index in [2.05, 4.69) is 5.10 Å². The molecule has 0 atom stereocenters. The molecule has 4 heteroatoms. The normalized spacial score (nSPS) is 9.44. The highest BCUT2D eigenvalue weighted by atomic mass is 35.5. The number of hydrogen-bond acceptors (Lipinski definition) is 2. The van der Waals surface area contributed by atoms with Gasteiger partial charge in [0.2, 0.25) is 0 Å². The van der Waals surface area contributed by atoms with E-state index < -0.39 is 0 Å². The monoisotopic (exact) mass is 144 g/mol. The summed E-state index contributed by atoms with van der Waals surface area (Å²) < 4.78 is 1.20. The van der Waals surface area contributed by atoms with Gasteiger partial charge in [0.25, 0.3) is 5.91 Å². The summed E-state index contributed by atoms with van der Waals surface area (Å²) in [6.07, 6.45) is 3.09. The molecule has 1 aromatic rings. The van der Waals surface area contributed by atoms with E-state index in [0.717, 1.165) is 0 Å². The summed E-state index contributed by atoms with van der Waals surface area (Å²) in [6.45, 7) is 0. The molecule has 0 N–H and O–H groups in total. The first-order valence-corrected chi connectivity index (χ1v) is 2.97. The van der Waals surface area contributed by atoms with Crippen molar-refractivity contribution < 1.29 is 4.79 Å². The van der Waals surface area contributed by atoms with Crippen molar-refractivity contribution in [1.82, 2.24) is 9.78 Å². The zero-order chi connectivity index (χ0) is 6.69. The van der Waals surface area contributed by atoms with Crippen LogP contribution in [0.3, 0.4) is 0 Å². The predicted octanol–water partition coefficient (Wildman–Crippen LogP) is 0.762. The van der Waals surface area contributed by atoms with Gasteiger partial charge in [0.15, 0.2) is 0 Å². The fourth-order valence-corrected chi connectivity index (χ4v) is 0.600. The Hall–Kier alpha value is -0.830. The van der Waals surface area contributed by atoms with E-state index in [1.165, 1.54) is 10.9 Å². The molecule has 0 fully saturated rings.